The summed E-state index contributed by atoms with van der Waals surface area (Å²) in [5, 5.41) is 8.94. The molecule has 3 N–H and O–H groups in total. The van der Waals surface area contributed by atoms with E-state index in [-0.39, 0.29) is 6.61 Å². The van der Waals surface area contributed by atoms with Gasteiger partial charge in [-0.3, -0.25) is 4.79 Å². The molecule has 1 aliphatic carbocycles. The Morgan fingerprint density at radius 1 is 1.50 bits per heavy atom. The van der Waals surface area contributed by atoms with Gasteiger partial charge in [0.15, 0.2) is 0 Å². The topological polar surface area (TPSA) is 79.5 Å². The molecule has 0 bridgehead atoms. The van der Waals surface area contributed by atoms with E-state index >= 15 is 0 Å². The Hall–Kier alpha value is -1.62. The molecule has 2 rings (SSSR count). The third kappa shape index (κ3) is 2.79. The molecule has 0 aromatic carbocycles. The second kappa shape index (κ2) is 5.82. The zero-order chi connectivity index (χ0) is 13.0. The highest BCUT2D eigenvalue weighted by Crippen LogP contribution is 2.28. The maximum absolute atomic E-state index is 11.0. The van der Waals surface area contributed by atoms with Gasteiger partial charge in [0.1, 0.15) is 5.82 Å². The van der Waals surface area contributed by atoms with Crippen LogP contribution in [0.1, 0.15) is 36.0 Å². The highest BCUT2D eigenvalue weighted by Gasteiger charge is 2.25. The van der Waals surface area contributed by atoms with E-state index in [2.05, 4.69) is 9.88 Å². The van der Waals surface area contributed by atoms with Crippen molar-refractivity contribution in [3.8, 4) is 0 Å². The minimum atomic E-state index is -0.459. The number of carbonyl (C=O) groups is 1. The minimum Gasteiger partial charge on any atom is -0.396 e. The molecule has 0 radical (unpaired) electrons. The summed E-state index contributed by atoms with van der Waals surface area (Å²) in [5.41, 5.74) is 5.62. The monoisotopic (exact) mass is 249 g/mol. The van der Waals surface area contributed by atoms with Crippen LogP contribution in [0.25, 0.3) is 0 Å². The van der Waals surface area contributed by atoms with Gasteiger partial charge >= 0.3 is 0 Å². The average Bonchev–Trinajstić information content (AvgIpc) is 2.32. The number of aliphatic hydroxyl groups excluding tert-OH is 1. The number of nitrogens with two attached hydrogens (primary N) is 1. The highest BCUT2D eigenvalue weighted by atomic mass is 16.3. The Balaban J connectivity index is 2.11. The fourth-order valence-electron chi connectivity index (χ4n) is 2.13. The molecule has 18 heavy (non-hydrogen) atoms. The van der Waals surface area contributed by atoms with Crippen LogP contribution in [0.3, 0.4) is 0 Å². The number of nitrogens with zero attached hydrogens (tertiary/aromatic N) is 2. The van der Waals surface area contributed by atoms with Crippen LogP contribution in [-0.2, 0) is 0 Å². The fourth-order valence-corrected chi connectivity index (χ4v) is 2.13. The van der Waals surface area contributed by atoms with Gasteiger partial charge in [0, 0.05) is 25.4 Å². The molecule has 1 aromatic heterocycles. The average molecular weight is 249 g/mol. The molecular weight excluding hydrogens is 230 g/mol. The zero-order valence-corrected chi connectivity index (χ0v) is 10.4. The Kier molecular flexibility index (Phi) is 4.15. The van der Waals surface area contributed by atoms with E-state index in [0.717, 1.165) is 18.8 Å². The molecule has 0 spiro atoms. The SMILES string of the molecule is NC(=O)c1ccc(N(CCCO)C2CCC2)nc1. The lowest BCUT2D eigenvalue weighted by Crippen LogP contribution is -2.41. The number of carbonyl (C=O) groups excluding carboxylic acids is 1. The summed E-state index contributed by atoms with van der Waals surface area (Å²) in [6.07, 6.45) is 5.84. The van der Waals surface area contributed by atoms with Gasteiger partial charge in [0.2, 0.25) is 5.91 Å². The van der Waals surface area contributed by atoms with Gasteiger partial charge in [-0.25, -0.2) is 4.98 Å². The first-order valence-corrected chi connectivity index (χ1v) is 6.35. The van der Waals surface area contributed by atoms with Crippen molar-refractivity contribution >= 4 is 11.7 Å². The third-order valence-corrected chi connectivity index (χ3v) is 3.40. The predicted molar refractivity (Wildman–Crippen MR) is 69.4 cm³/mol. The second-order valence-corrected chi connectivity index (χ2v) is 4.62. The first-order valence-electron chi connectivity index (χ1n) is 6.35. The molecular formula is C13H19N3O2. The van der Waals surface area contributed by atoms with Crippen LogP contribution in [-0.4, -0.2) is 35.2 Å². The first kappa shape index (κ1) is 12.8. The number of hydrogen-bond acceptors (Lipinski definition) is 4. The summed E-state index contributed by atoms with van der Waals surface area (Å²) in [6.45, 7) is 0.979. The normalized spacial score (nSPS) is 15.2. The number of hydrogen-bond donors (Lipinski definition) is 2. The molecule has 0 aliphatic heterocycles. The van der Waals surface area contributed by atoms with Gasteiger partial charge in [-0.05, 0) is 37.8 Å². The molecule has 5 nitrogen and oxygen atoms in total. The molecule has 1 saturated carbocycles. The molecule has 1 aliphatic rings. The van der Waals surface area contributed by atoms with Crippen LogP contribution >= 0.6 is 0 Å². The van der Waals surface area contributed by atoms with Crippen LogP contribution in [0.15, 0.2) is 18.3 Å². The Morgan fingerprint density at radius 3 is 2.72 bits per heavy atom. The lowest BCUT2D eigenvalue weighted by atomic mass is 9.91. The Labute approximate surface area is 107 Å². The third-order valence-electron chi connectivity index (χ3n) is 3.40. The van der Waals surface area contributed by atoms with Crippen molar-refractivity contribution < 1.29 is 9.90 Å². The summed E-state index contributed by atoms with van der Waals surface area (Å²) >= 11 is 0. The summed E-state index contributed by atoms with van der Waals surface area (Å²) in [4.78, 5) is 17.5. The molecule has 5 heteroatoms. The van der Waals surface area contributed by atoms with Crippen LogP contribution in [0.2, 0.25) is 0 Å². The standard InChI is InChI=1S/C13H19N3O2/c14-13(18)10-5-6-12(15-9-10)16(7-2-8-17)11-3-1-4-11/h5-6,9,11,17H,1-4,7-8H2,(H2,14,18). The quantitative estimate of drug-likeness (QED) is 0.785. The first-order chi connectivity index (χ1) is 8.72. The molecule has 1 heterocycles. The van der Waals surface area contributed by atoms with E-state index in [1.807, 2.05) is 6.07 Å². The molecule has 1 aromatic rings. The number of aromatic nitrogens is 1. The van der Waals surface area contributed by atoms with E-state index < -0.39 is 5.91 Å². The van der Waals surface area contributed by atoms with Gasteiger partial charge in [-0.15, -0.1) is 0 Å². The highest BCUT2D eigenvalue weighted by molar-refractivity contribution is 5.92. The summed E-state index contributed by atoms with van der Waals surface area (Å²) in [7, 11) is 0. The molecule has 1 fully saturated rings. The molecule has 0 unspecified atom stereocenters. The number of aliphatic hydroxyl groups is 1. The van der Waals surface area contributed by atoms with Gasteiger partial charge in [-0.1, -0.05) is 0 Å². The Morgan fingerprint density at radius 2 is 2.28 bits per heavy atom. The second-order valence-electron chi connectivity index (χ2n) is 4.62. The zero-order valence-electron chi connectivity index (χ0n) is 10.4. The number of primary amides is 1. The maximum Gasteiger partial charge on any atom is 0.250 e. The number of pyridine rings is 1. The molecule has 98 valence electrons. The van der Waals surface area contributed by atoms with E-state index in [4.69, 9.17) is 10.8 Å². The molecule has 0 saturated heterocycles. The van der Waals surface area contributed by atoms with Crippen LogP contribution in [0, 0.1) is 0 Å². The number of amides is 1. The van der Waals surface area contributed by atoms with Crippen molar-refractivity contribution in [2.45, 2.75) is 31.7 Å². The van der Waals surface area contributed by atoms with Crippen molar-refractivity contribution in [2.24, 2.45) is 5.73 Å². The lowest BCUT2D eigenvalue weighted by Gasteiger charge is -2.38. The van der Waals surface area contributed by atoms with E-state index in [9.17, 15) is 4.79 Å². The number of anilines is 1. The largest absolute Gasteiger partial charge is 0.396 e. The lowest BCUT2D eigenvalue weighted by molar-refractivity contribution is 0.1000. The summed E-state index contributed by atoms with van der Waals surface area (Å²) in [6, 6.07) is 4.05. The van der Waals surface area contributed by atoms with E-state index in [0.29, 0.717) is 11.6 Å². The van der Waals surface area contributed by atoms with E-state index in [1.165, 1.54) is 25.5 Å². The minimum absolute atomic E-state index is 0.183. The smallest absolute Gasteiger partial charge is 0.250 e. The van der Waals surface area contributed by atoms with Crippen LogP contribution < -0.4 is 10.6 Å². The van der Waals surface area contributed by atoms with Crippen molar-refractivity contribution in [2.75, 3.05) is 18.1 Å². The van der Waals surface area contributed by atoms with Gasteiger partial charge in [-0.2, -0.15) is 0 Å². The molecule has 0 atom stereocenters. The van der Waals surface area contributed by atoms with Crippen molar-refractivity contribution in [3.63, 3.8) is 0 Å². The van der Waals surface area contributed by atoms with Crippen LogP contribution in [0.5, 0.6) is 0 Å². The van der Waals surface area contributed by atoms with Crippen LogP contribution in [0.4, 0.5) is 5.82 Å². The Bertz CT molecular complexity index is 401. The van der Waals surface area contributed by atoms with Crippen molar-refractivity contribution in [1.82, 2.24) is 4.98 Å². The maximum atomic E-state index is 11.0. The van der Waals surface area contributed by atoms with Crippen molar-refractivity contribution in [1.29, 1.82) is 0 Å². The summed E-state index contributed by atoms with van der Waals surface area (Å²) in [5.74, 6) is 0.401. The van der Waals surface area contributed by atoms with E-state index in [1.54, 1.807) is 6.07 Å². The van der Waals surface area contributed by atoms with Gasteiger partial charge < -0.3 is 15.7 Å². The number of rotatable bonds is 6. The van der Waals surface area contributed by atoms with Crippen molar-refractivity contribution in [3.05, 3.63) is 23.9 Å². The van der Waals surface area contributed by atoms with Gasteiger partial charge in [0.25, 0.3) is 0 Å². The fraction of sp³-hybridized carbons (Fsp3) is 0.538. The summed E-state index contributed by atoms with van der Waals surface area (Å²) < 4.78 is 0. The van der Waals surface area contributed by atoms with Gasteiger partial charge in [0.05, 0.1) is 5.56 Å². The predicted octanol–water partition coefficient (Wildman–Crippen LogP) is 0.922. The molecule has 1 amide bonds.